The second-order valence-electron chi connectivity index (χ2n) is 7.64. The third-order valence-electron chi connectivity index (χ3n) is 5.06. The standard InChI is InChI=1S/C26H19F2NO6/c1-15-10-25(31)35-23-12-19(7-8-20(15)23)33-13-16-2-4-17(5-3-16)26(32)34-14-24(30)29-22-9-6-18(27)11-21(22)28/h2-12H,13-14H2,1H3,(H,29,30). The molecular weight excluding hydrogens is 460 g/mol. The van der Waals surface area contributed by atoms with Crippen LogP contribution in [0, 0.1) is 18.6 Å². The average Bonchev–Trinajstić information content (AvgIpc) is 2.83. The molecule has 178 valence electrons. The lowest BCUT2D eigenvalue weighted by Gasteiger charge is -2.09. The molecule has 0 saturated carbocycles. The highest BCUT2D eigenvalue weighted by molar-refractivity contribution is 5.95. The van der Waals surface area contributed by atoms with Crippen molar-refractivity contribution in [3.8, 4) is 5.75 Å². The first-order chi connectivity index (χ1) is 16.8. The van der Waals surface area contributed by atoms with Crippen molar-refractivity contribution in [2.45, 2.75) is 13.5 Å². The third-order valence-corrected chi connectivity index (χ3v) is 5.06. The molecule has 0 bridgehead atoms. The van der Waals surface area contributed by atoms with Crippen LogP contribution in [-0.4, -0.2) is 18.5 Å². The van der Waals surface area contributed by atoms with Crippen molar-refractivity contribution in [1.29, 1.82) is 0 Å². The normalized spacial score (nSPS) is 10.7. The summed E-state index contributed by atoms with van der Waals surface area (Å²) in [5, 5.41) is 3.02. The second-order valence-corrected chi connectivity index (χ2v) is 7.64. The highest BCUT2D eigenvalue weighted by Crippen LogP contribution is 2.23. The molecule has 0 saturated heterocycles. The zero-order valence-electron chi connectivity index (χ0n) is 18.5. The van der Waals surface area contributed by atoms with Gasteiger partial charge in [-0.1, -0.05) is 12.1 Å². The van der Waals surface area contributed by atoms with Crippen molar-refractivity contribution in [3.05, 3.63) is 105 Å². The number of ether oxygens (including phenoxy) is 2. The molecule has 1 aromatic heterocycles. The van der Waals surface area contributed by atoms with Crippen LogP contribution in [0.3, 0.4) is 0 Å². The van der Waals surface area contributed by atoms with Crippen LogP contribution >= 0.6 is 0 Å². The van der Waals surface area contributed by atoms with Gasteiger partial charge in [-0.15, -0.1) is 0 Å². The lowest BCUT2D eigenvalue weighted by atomic mass is 10.1. The van der Waals surface area contributed by atoms with E-state index in [9.17, 15) is 23.2 Å². The van der Waals surface area contributed by atoms with E-state index >= 15 is 0 Å². The first-order valence-electron chi connectivity index (χ1n) is 10.5. The summed E-state index contributed by atoms with van der Waals surface area (Å²) in [6.07, 6.45) is 0. The fourth-order valence-electron chi connectivity index (χ4n) is 3.29. The molecule has 1 heterocycles. The topological polar surface area (TPSA) is 94.8 Å². The van der Waals surface area contributed by atoms with Crippen LogP contribution in [0.25, 0.3) is 11.0 Å². The number of carbonyl (C=O) groups excluding carboxylic acids is 2. The maximum Gasteiger partial charge on any atom is 0.338 e. The Balaban J connectivity index is 1.30. The van der Waals surface area contributed by atoms with Gasteiger partial charge in [0, 0.05) is 23.6 Å². The summed E-state index contributed by atoms with van der Waals surface area (Å²) >= 11 is 0. The molecule has 1 N–H and O–H groups in total. The Hall–Kier alpha value is -4.53. The van der Waals surface area contributed by atoms with Crippen molar-refractivity contribution in [2.24, 2.45) is 0 Å². The monoisotopic (exact) mass is 479 g/mol. The van der Waals surface area contributed by atoms with E-state index in [2.05, 4.69) is 5.32 Å². The zero-order valence-corrected chi connectivity index (χ0v) is 18.5. The highest BCUT2D eigenvalue weighted by atomic mass is 19.1. The second kappa shape index (κ2) is 10.2. The molecule has 0 unspecified atom stereocenters. The van der Waals surface area contributed by atoms with Gasteiger partial charge in [0.15, 0.2) is 6.61 Å². The number of amides is 1. The molecule has 9 heteroatoms. The van der Waals surface area contributed by atoms with E-state index in [0.717, 1.165) is 28.6 Å². The van der Waals surface area contributed by atoms with E-state index in [0.29, 0.717) is 17.4 Å². The fraction of sp³-hybridized carbons (Fsp3) is 0.115. The number of rotatable bonds is 7. The molecule has 4 rings (SSSR count). The number of hydrogen-bond donors (Lipinski definition) is 1. The van der Waals surface area contributed by atoms with Gasteiger partial charge in [-0.2, -0.15) is 0 Å². The van der Waals surface area contributed by atoms with Crippen molar-refractivity contribution in [3.63, 3.8) is 0 Å². The minimum absolute atomic E-state index is 0.197. The average molecular weight is 479 g/mol. The number of hydrogen-bond acceptors (Lipinski definition) is 6. The SMILES string of the molecule is Cc1cc(=O)oc2cc(OCc3ccc(C(=O)OCC(=O)Nc4ccc(F)cc4F)cc3)ccc12. The summed E-state index contributed by atoms with van der Waals surface area (Å²) in [6.45, 7) is 1.38. The van der Waals surface area contributed by atoms with Gasteiger partial charge >= 0.3 is 11.6 Å². The number of esters is 1. The van der Waals surface area contributed by atoms with Gasteiger partial charge < -0.3 is 19.2 Å². The van der Waals surface area contributed by atoms with E-state index in [1.165, 1.54) is 18.2 Å². The van der Waals surface area contributed by atoms with Crippen molar-refractivity contribution >= 4 is 28.5 Å². The molecule has 0 aliphatic heterocycles. The number of halogens is 2. The summed E-state index contributed by atoms with van der Waals surface area (Å²) < 4.78 is 42.4. The quantitative estimate of drug-likeness (QED) is 0.304. The summed E-state index contributed by atoms with van der Waals surface area (Å²) in [5.74, 6) is -2.71. The minimum Gasteiger partial charge on any atom is -0.489 e. The third kappa shape index (κ3) is 5.89. The van der Waals surface area contributed by atoms with Crippen LogP contribution < -0.4 is 15.7 Å². The first kappa shape index (κ1) is 23.6. The van der Waals surface area contributed by atoms with Crippen molar-refractivity contribution in [1.82, 2.24) is 0 Å². The van der Waals surface area contributed by atoms with E-state index < -0.39 is 35.7 Å². The zero-order chi connectivity index (χ0) is 24.9. The van der Waals surface area contributed by atoms with Crippen molar-refractivity contribution < 1.29 is 32.3 Å². The molecule has 0 spiro atoms. The lowest BCUT2D eigenvalue weighted by Crippen LogP contribution is -2.21. The van der Waals surface area contributed by atoms with Gasteiger partial charge in [-0.3, -0.25) is 4.79 Å². The Morgan fingerprint density at radius 3 is 2.49 bits per heavy atom. The molecular formula is C26H19F2NO6. The Labute approximate surface area is 197 Å². The van der Waals surface area contributed by atoms with E-state index in [-0.39, 0.29) is 17.9 Å². The van der Waals surface area contributed by atoms with E-state index in [1.54, 1.807) is 24.3 Å². The van der Waals surface area contributed by atoms with Crippen molar-refractivity contribution in [2.75, 3.05) is 11.9 Å². The highest BCUT2D eigenvalue weighted by Gasteiger charge is 2.13. The maximum absolute atomic E-state index is 13.6. The number of fused-ring (bicyclic) bond motifs is 1. The molecule has 0 fully saturated rings. The first-order valence-corrected chi connectivity index (χ1v) is 10.5. The summed E-state index contributed by atoms with van der Waals surface area (Å²) in [4.78, 5) is 35.7. The Morgan fingerprint density at radius 1 is 0.971 bits per heavy atom. The van der Waals surface area contributed by atoms with Crippen LogP contribution in [0.4, 0.5) is 14.5 Å². The maximum atomic E-state index is 13.6. The number of benzene rings is 3. The summed E-state index contributed by atoms with van der Waals surface area (Å²) in [7, 11) is 0. The Morgan fingerprint density at radius 2 is 1.74 bits per heavy atom. The van der Waals surface area contributed by atoms with Crippen LogP contribution in [0.2, 0.25) is 0 Å². The molecule has 0 aliphatic carbocycles. The van der Waals surface area contributed by atoms with Crippen LogP contribution in [0.15, 0.2) is 75.9 Å². The summed E-state index contributed by atoms with van der Waals surface area (Å²) in [5.41, 5.74) is 1.55. The number of carbonyl (C=O) groups is 2. The van der Waals surface area contributed by atoms with E-state index in [1.807, 2.05) is 13.0 Å². The Kier molecular flexibility index (Phi) is 6.86. The van der Waals surface area contributed by atoms with E-state index in [4.69, 9.17) is 13.9 Å². The molecule has 1 amide bonds. The fourth-order valence-corrected chi connectivity index (χ4v) is 3.29. The lowest BCUT2D eigenvalue weighted by molar-refractivity contribution is -0.119. The number of aryl methyl sites for hydroxylation is 1. The molecule has 7 nitrogen and oxygen atoms in total. The van der Waals surface area contributed by atoms with Gasteiger partial charge in [0.1, 0.15) is 29.6 Å². The van der Waals surface area contributed by atoms with Crippen LogP contribution in [-0.2, 0) is 16.1 Å². The molecule has 0 radical (unpaired) electrons. The Bertz CT molecular complexity index is 1460. The number of nitrogens with one attached hydrogen (secondary N) is 1. The van der Waals surface area contributed by atoms with Gasteiger partial charge in [-0.25, -0.2) is 18.4 Å². The molecule has 35 heavy (non-hydrogen) atoms. The van der Waals surface area contributed by atoms with Gasteiger partial charge in [-0.05, 0) is 54.4 Å². The minimum atomic E-state index is -0.939. The smallest absolute Gasteiger partial charge is 0.338 e. The molecule has 4 aromatic rings. The van der Waals surface area contributed by atoms with Gasteiger partial charge in [0.05, 0.1) is 11.3 Å². The van der Waals surface area contributed by atoms with Crippen LogP contribution in [0.1, 0.15) is 21.5 Å². The van der Waals surface area contributed by atoms with Gasteiger partial charge in [0.2, 0.25) is 0 Å². The predicted octanol–water partition coefficient (Wildman–Crippen LogP) is 4.75. The predicted molar refractivity (Wildman–Crippen MR) is 123 cm³/mol. The number of anilines is 1. The largest absolute Gasteiger partial charge is 0.489 e. The molecule has 0 atom stereocenters. The molecule has 3 aromatic carbocycles. The van der Waals surface area contributed by atoms with Gasteiger partial charge in [0.25, 0.3) is 5.91 Å². The summed E-state index contributed by atoms with van der Waals surface area (Å²) in [6, 6.07) is 15.7. The van der Waals surface area contributed by atoms with Crippen LogP contribution in [0.5, 0.6) is 5.75 Å². The molecule has 0 aliphatic rings.